The van der Waals surface area contributed by atoms with Gasteiger partial charge in [0.15, 0.2) is 6.10 Å². The number of hydrogen-bond donors (Lipinski definition) is 3. The Hall–Kier alpha value is -4.29. The highest BCUT2D eigenvalue weighted by atomic mass is 35.5. The van der Waals surface area contributed by atoms with Crippen LogP contribution in [-0.4, -0.2) is 51.2 Å². The van der Waals surface area contributed by atoms with E-state index in [-0.39, 0.29) is 37.0 Å². The van der Waals surface area contributed by atoms with Crippen LogP contribution in [0.15, 0.2) is 57.7 Å². The number of halogens is 2. The number of carboxylic acid groups (broad SMARTS) is 1. The smallest absolute Gasteiger partial charge is 0.317 e. The highest BCUT2D eigenvalue weighted by molar-refractivity contribution is 5.95. The number of hydrogen-bond acceptors (Lipinski definition) is 9. The van der Waals surface area contributed by atoms with E-state index in [1.54, 1.807) is 25.1 Å². The lowest BCUT2D eigenvalue weighted by Crippen LogP contribution is -2.41. The Balaban J connectivity index is 0.00000484. The molecule has 2 aromatic heterocycles. The molecule has 2 heterocycles. The number of amides is 1. The zero-order valence-electron chi connectivity index (χ0n) is 23.6. The molecule has 0 aliphatic heterocycles. The quantitative estimate of drug-likeness (QED) is 0.181. The standard InChI is InChI=1S/C29H32FN5O6.ClH/c1-5-24(40-20-9-6-18(7-10-20)26-34-28(16(2)3)41-35-26)29-33-23(15-39-29)19-8-11-21(22(30)12-19)27(38)32-17(4)13-31-14-25(36)37;/h6-12,15-17,24,31H,5,13-14H2,1-4H3,(H,32,38)(H,36,37);1H/t17-,24?;/m0./s1. The predicted octanol–water partition coefficient (Wildman–Crippen LogP) is 5.40. The summed E-state index contributed by atoms with van der Waals surface area (Å²) >= 11 is 0. The van der Waals surface area contributed by atoms with E-state index in [1.165, 1.54) is 18.4 Å². The van der Waals surface area contributed by atoms with E-state index in [4.69, 9.17) is 18.8 Å². The van der Waals surface area contributed by atoms with Crippen LogP contribution in [0.25, 0.3) is 22.6 Å². The molecule has 2 aromatic carbocycles. The molecule has 42 heavy (non-hydrogen) atoms. The average Bonchev–Trinajstić information content (AvgIpc) is 3.63. The summed E-state index contributed by atoms with van der Waals surface area (Å²) in [6.45, 7) is 7.57. The van der Waals surface area contributed by atoms with Crippen molar-refractivity contribution < 1.29 is 32.8 Å². The first kappa shape index (κ1) is 32.2. The zero-order valence-corrected chi connectivity index (χ0v) is 24.4. The SMILES string of the molecule is CCC(Oc1ccc(-c2noc(C(C)C)n2)cc1)c1nc(-c2ccc(C(=O)N[C@@H](C)CNCC(=O)O)c(F)c2)co1.Cl. The molecule has 1 amide bonds. The van der Waals surface area contributed by atoms with Crippen molar-refractivity contribution in [3.8, 4) is 28.4 Å². The lowest BCUT2D eigenvalue weighted by molar-refractivity contribution is -0.135. The molecule has 0 aliphatic carbocycles. The third kappa shape index (κ3) is 8.14. The van der Waals surface area contributed by atoms with Crippen molar-refractivity contribution in [2.45, 2.75) is 52.2 Å². The fraction of sp³-hybridized carbons (Fsp3) is 0.345. The van der Waals surface area contributed by atoms with Gasteiger partial charge in [0.05, 0.1) is 12.1 Å². The van der Waals surface area contributed by atoms with Crippen LogP contribution in [0.5, 0.6) is 5.75 Å². The van der Waals surface area contributed by atoms with E-state index in [0.717, 1.165) is 5.56 Å². The van der Waals surface area contributed by atoms with E-state index >= 15 is 0 Å². The van der Waals surface area contributed by atoms with Crippen LogP contribution >= 0.6 is 12.4 Å². The van der Waals surface area contributed by atoms with E-state index < -0.39 is 29.8 Å². The summed E-state index contributed by atoms with van der Waals surface area (Å²) in [4.78, 5) is 32.0. The number of aliphatic carboxylic acids is 1. The Labute approximate surface area is 248 Å². The monoisotopic (exact) mass is 601 g/mol. The van der Waals surface area contributed by atoms with E-state index in [9.17, 15) is 14.0 Å². The van der Waals surface area contributed by atoms with Crippen molar-refractivity contribution in [1.82, 2.24) is 25.8 Å². The third-order valence-electron chi connectivity index (χ3n) is 6.11. The fourth-order valence-electron chi connectivity index (χ4n) is 3.92. The molecule has 0 fully saturated rings. The van der Waals surface area contributed by atoms with Gasteiger partial charge in [-0.15, -0.1) is 12.4 Å². The molecule has 2 atom stereocenters. The highest BCUT2D eigenvalue weighted by Gasteiger charge is 2.21. The average molecular weight is 602 g/mol. The van der Waals surface area contributed by atoms with Crippen molar-refractivity contribution in [3.63, 3.8) is 0 Å². The van der Waals surface area contributed by atoms with Gasteiger partial charge in [0.25, 0.3) is 5.91 Å². The lowest BCUT2D eigenvalue weighted by Gasteiger charge is -2.15. The molecular weight excluding hydrogens is 569 g/mol. The minimum absolute atomic E-state index is 0. The molecule has 4 rings (SSSR count). The summed E-state index contributed by atoms with van der Waals surface area (Å²) in [5, 5.41) is 18.0. The normalized spacial score (nSPS) is 12.4. The number of benzene rings is 2. The molecule has 0 spiro atoms. The maximum Gasteiger partial charge on any atom is 0.317 e. The van der Waals surface area contributed by atoms with Crippen molar-refractivity contribution >= 4 is 24.3 Å². The number of carbonyl (C=O) groups excluding carboxylic acids is 1. The number of carbonyl (C=O) groups is 2. The van der Waals surface area contributed by atoms with Crippen LogP contribution in [0.4, 0.5) is 4.39 Å². The molecular formula is C29H33ClFN5O6. The lowest BCUT2D eigenvalue weighted by atomic mass is 10.1. The molecule has 11 nitrogen and oxygen atoms in total. The highest BCUT2D eigenvalue weighted by Crippen LogP contribution is 2.29. The Morgan fingerprint density at radius 3 is 2.38 bits per heavy atom. The summed E-state index contributed by atoms with van der Waals surface area (Å²) in [6.07, 6.45) is 1.49. The van der Waals surface area contributed by atoms with Crippen LogP contribution in [-0.2, 0) is 4.79 Å². The maximum absolute atomic E-state index is 14.9. The molecule has 0 radical (unpaired) electrons. The predicted molar refractivity (Wildman–Crippen MR) is 154 cm³/mol. The molecule has 13 heteroatoms. The molecule has 0 saturated carbocycles. The summed E-state index contributed by atoms with van der Waals surface area (Å²) < 4.78 is 31.9. The second-order valence-corrected chi connectivity index (χ2v) is 9.81. The minimum atomic E-state index is -1.01. The largest absolute Gasteiger partial charge is 0.481 e. The van der Waals surface area contributed by atoms with Crippen LogP contribution in [0, 0.1) is 5.82 Å². The van der Waals surface area contributed by atoms with Gasteiger partial charge in [0.2, 0.25) is 17.6 Å². The van der Waals surface area contributed by atoms with Crippen LogP contribution in [0.2, 0.25) is 0 Å². The van der Waals surface area contributed by atoms with Crippen LogP contribution in [0.1, 0.15) is 68.3 Å². The maximum atomic E-state index is 14.9. The van der Waals surface area contributed by atoms with Crippen LogP contribution < -0.4 is 15.4 Å². The van der Waals surface area contributed by atoms with Gasteiger partial charge < -0.3 is 29.4 Å². The van der Waals surface area contributed by atoms with E-state index in [1.807, 2.05) is 32.9 Å². The fourth-order valence-corrected chi connectivity index (χ4v) is 3.92. The Morgan fingerprint density at radius 1 is 1.05 bits per heavy atom. The number of oxazole rings is 1. The van der Waals surface area contributed by atoms with E-state index in [2.05, 4.69) is 25.8 Å². The van der Waals surface area contributed by atoms with Crippen molar-refractivity contribution in [2.24, 2.45) is 0 Å². The Bertz CT molecular complexity index is 1490. The topological polar surface area (TPSA) is 153 Å². The van der Waals surface area contributed by atoms with Gasteiger partial charge >= 0.3 is 5.97 Å². The molecule has 0 aliphatic rings. The van der Waals surface area contributed by atoms with Gasteiger partial charge in [-0.05, 0) is 49.7 Å². The first-order valence-corrected chi connectivity index (χ1v) is 13.2. The zero-order chi connectivity index (χ0) is 29.5. The molecule has 224 valence electrons. The first-order chi connectivity index (χ1) is 19.6. The summed E-state index contributed by atoms with van der Waals surface area (Å²) in [6, 6.07) is 11.0. The summed E-state index contributed by atoms with van der Waals surface area (Å²) in [5.41, 5.74) is 1.49. The second kappa shape index (κ2) is 14.6. The third-order valence-corrected chi connectivity index (χ3v) is 6.11. The number of aromatic nitrogens is 3. The van der Waals surface area contributed by atoms with Gasteiger partial charge in [-0.25, -0.2) is 9.37 Å². The van der Waals surface area contributed by atoms with E-state index in [0.29, 0.717) is 41.0 Å². The molecule has 0 bridgehead atoms. The van der Waals surface area contributed by atoms with Gasteiger partial charge in [0.1, 0.15) is 23.5 Å². The number of rotatable bonds is 13. The summed E-state index contributed by atoms with van der Waals surface area (Å²) in [5.74, 6) is -0.195. The summed E-state index contributed by atoms with van der Waals surface area (Å²) in [7, 11) is 0. The minimum Gasteiger partial charge on any atom is -0.481 e. The Morgan fingerprint density at radius 2 is 1.76 bits per heavy atom. The van der Waals surface area contributed by atoms with Gasteiger partial charge in [-0.2, -0.15) is 4.98 Å². The first-order valence-electron chi connectivity index (χ1n) is 13.2. The van der Waals surface area contributed by atoms with Gasteiger partial charge in [0, 0.05) is 29.6 Å². The number of nitrogens with zero attached hydrogens (tertiary/aromatic N) is 3. The Kier molecular flexibility index (Phi) is 11.2. The van der Waals surface area contributed by atoms with Gasteiger partial charge in [-0.1, -0.05) is 32.0 Å². The van der Waals surface area contributed by atoms with Crippen molar-refractivity contribution in [3.05, 3.63) is 71.9 Å². The molecule has 0 saturated heterocycles. The van der Waals surface area contributed by atoms with Crippen molar-refractivity contribution in [1.29, 1.82) is 0 Å². The number of ether oxygens (including phenoxy) is 1. The van der Waals surface area contributed by atoms with Crippen LogP contribution in [0.3, 0.4) is 0 Å². The number of carboxylic acids is 1. The number of nitrogens with one attached hydrogen (secondary N) is 2. The van der Waals surface area contributed by atoms with Crippen molar-refractivity contribution in [2.75, 3.05) is 13.1 Å². The molecule has 3 N–H and O–H groups in total. The molecule has 1 unspecified atom stereocenters. The second-order valence-electron chi connectivity index (χ2n) is 9.81. The van der Waals surface area contributed by atoms with Gasteiger partial charge in [-0.3, -0.25) is 9.59 Å². The molecule has 4 aromatic rings.